The molecule has 0 aromatic carbocycles. The summed E-state index contributed by atoms with van der Waals surface area (Å²) < 4.78 is 2.07. The van der Waals surface area contributed by atoms with Gasteiger partial charge in [-0.15, -0.1) is 0 Å². The van der Waals surface area contributed by atoms with E-state index in [0.717, 1.165) is 34.7 Å². The monoisotopic (exact) mass is 293 g/mol. The van der Waals surface area contributed by atoms with Crippen LogP contribution < -0.4 is 0 Å². The van der Waals surface area contributed by atoms with Gasteiger partial charge in [-0.2, -0.15) is 0 Å². The smallest absolute Gasteiger partial charge is 0.313 e. The lowest BCUT2D eigenvalue weighted by Crippen LogP contribution is -2.08. The summed E-state index contributed by atoms with van der Waals surface area (Å²) in [5, 5.41) is 9.60. The molecule has 1 N–H and O–H groups in total. The summed E-state index contributed by atoms with van der Waals surface area (Å²) in [5.74, 6) is -0.817. The van der Waals surface area contributed by atoms with Gasteiger partial charge in [0.2, 0.25) is 0 Å². The number of pyridine rings is 1. The number of carboxylic acid groups (broad SMARTS) is 1. The van der Waals surface area contributed by atoms with E-state index in [4.69, 9.17) is 5.11 Å². The van der Waals surface area contributed by atoms with Gasteiger partial charge < -0.3 is 9.67 Å². The van der Waals surface area contributed by atoms with E-state index in [1.54, 1.807) is 6.20 Å². The number of aliphatic carboxylic acids is 1. The molecule has 5 nitrogen and oxygen atoms in total. The third kappa shape index (κ3) is 2.95. The average molecular weight is 293 g/mol. The zero-order valence-electron chi connectivity index (χ0n) is 12.0. The van der Waals surface area contributed by atoms with Gasteiger partial charge in [-0.3, -0.25) is 4.79 Å². The second-order valence-electron chi connectivity index (χ2n) is 4.88. The van der Waals surface area contributed by atoms with Crippen LogP contribution in [0.15, 0.2) is 17.4 Å². The van der Waals surface area contributed by atoms with Crippen molar-refractivity contribution in [1.29, 1.82) is 0 Å². The van der Waals surface area contributed by atoms with Gasteiger partial charge in [0.1, 0.15) is 5.52 Å². The van der Waals surface area contributed by atoms with Crippen LogP contribution >= 0.6 is 11.8 Å². The van der Waals surface area contributed by atoms with E-state index in [-0.39, 0.29) is 11.8 Å². The molecule has 6 heteroatoms. The van der Waals surface area contributed by atoms with Crippen molar-refractivity contribution in [3.63, 3.8) is 0 Å². The molecule has 2 aromatic heterocycles. The van der Waals surface area contributed by atoms with Crippen LogP contribution in [0.25, 0.3) is 11.2 Å². The molecule has 2 aromatic rings. The second kappa shape index (κ2) is 6.26. The van der Waals surface area contributed by atoms with Gasteiger partial charge in [-0.1, -0.05) is 25.1 Å². The Morgan fingerprint density at radius 1 is 1.55 bits per heavy atom. The molecule has 0 bridgehead atoms. The van der Waals surface area contributed by atoms with E-state index in [0.29, 0.717) is 0 Å². The molecule has 2 heterocycles. The number of hydrogen-bond acceptors (Lipinski definition) is 4. The Morgan fingerprint density at radius 2 is 2.30 bits per heavy atom. The number of carboxylic acids is 1. The third-order valence-electron chi connectivity index (χ3n) is 3.22. The van der Waals surface area contributed by atoms with Crippen LogP contribution in [-0.4, -0.2) is 31.4 Å². The second-order valence-corrected chi connectivity index (χ2v) is 5.83. The molecule has 0 radical (unpaired) electrons. The fourth-order valence-corrected chi connectivity index (χ4v) is 3.08. The first kappa shape index (κ1) is 14.8. The van der Waals surface area contributed by atoms with Gasteiger partial charge >= 0.3 is 5.97 Å². The van der Waals surface area contributed by atoms with Crippen molar-refractivity contribution in [2.45, 2.75) is 44.8 Å². The summed E-state index contributed by atoms with van der Waals surface area (Å²) in [5.41, 5.74) is 2.77. The molecule has 0 spiro atoms. The minimum Gasteiger partial charge on any atom is -0.481 e. The summed E-state index contributed by atoms with van der Waals surface area (Å²) in [4.78, 5) is 19.8. The fourth-order valence-electron chi connectivity index (χ4n) is 2.26. The van der Waals surface area contributed by atoms with Gasteiger partial charge in [0.25, 0.3) is 0 Å². The van der Waals surface area contributed by atoms with Crippen molar-refractivity contribution in [3.8, 4) is 0 Å². The van der Waals surface area contributed by atoms with E-state index in [1.165, 1.54) is 11.8 Å². The van der Waals surface area contributed by atoms with E-state index in [1.807, 2.05) is 13.0 Å². The predicted molar refractivity (Wildman–Crippen MR) is 80.2 cm³/mol. The zero-order chi connectivity index (χ0) is 14.7. The molecule has 0 saturated heterocycles. The van der Waals surface area contributed by atoms with Crippen molar-refractivity contribution in [1.82, 2.24) is 14.5 Å². The van der Waals surface area contributed by atoms with Crippen LogP contribution in [0.3, 0.4) is 0 Å². The SMILES string of the molecule is CCCC(C)n1c(SCC(=O)O)nc2c(C)ccnc21. The molecular weight excluding hydrogens is 274 g/mol. The highest BCUT2D eigenvalue weighted by molar-refractivity contribution is 7.99. The van der Waals surface area contributed by atoms with E-state index < -0.39 is 5.97 Å². The minimum atomic E-state index is -0.832. The van der Waals surface area contributed by atoms with Crippen LogP contribution in [0, 0.1) is 6.92 Å². The number of hydrogen-bond donors (Lipinski definition) is 1. The summed E-state index contributed by atoms with van der Waals surface area (Å²) in [6.45, 7) is 6.26. The standard InChI is InChI=1S/C14H19N3O2S/c1-4-5-10(3)17-13-12(9(2)6-7-15-13)16-14(17)20-8-11(18)19/h6-7,10H,4-5,8H2,1-3H3,(H,18,19). The highest BCUT2D eigenvalue weighted by Crippen LogP contribution is 2.29. The summed E-state index contributed by atoms with van der Waals surface area (Å²) >= 11 is 1.26. The fraction of sp³-hybridized carbons (Fsp3) is 0.500. The van der Waals surface area contributed by atoms with Gasteiger partial charge in [0, 0.05) is 12.2 Å². The van der Waals surface area contributed by atoms with Crippen molar-refractivity contribution in [2.24, 2.45) is 0 Å². The topological polar surface area (TPSA) is 68.0 Å². The van der Waals surface area contributed by atoms with Crippen LogP contribution in [-0.2, 0) is 4.79 Å². The molecule has 0 aliphatic heterocycles. The molecule has 0 amide bonds. The lowest BCUT2D eigenvalue weighted by molar-refractivity contribution is -0.133. The van der Waals surface area contributed by atoms with Crippen molar-refractivity contribution in [2.75, 3.05) is 5.75 Å². The third-order valence-corrected chi connectivity index (χ3v) is 4.16. The van der Waals surface area contributed by atoms with Gasteiger partial charge in [-0.05, 0) is 31.9 Å². The van der Waals surface area contributed by atoms with Crippen molar-refractivity contribution < 1.29 is 9.90 Å². The van der Waals surface area contributed by atoms with Gasteiger partial charge in [-0.25, -0.2) is 9.97 Å². The number of aromatic nitrogens is 3. The molecule has 0 aliphatic carbocycles. The van der Waals surface area contributed by atoms with E-state index in [2.05, 4.69) is 28.4 Å². The van der Waals surface area contributed by atoms with E-state index >= 15 is 0 Å². The summed E-state index contributed by atoms with van der Waals surface area (Å²) in [6, 6.07) is 2.19. The number of aryl methyl sites for hydroxylation is 1. The Bertz CT molecular complexity index is 624. The Labute approximate surface area is 122 Å². The highest BCUT2D eigenvalue weighted by Gasteiger charge is 2.18. The molecule has 1 unspecified atom stereocenters. The molecule has 108 valence electrons. The Kier molecular flexibility index (Phi) is 4.65. The van der Waals surface area contributed by atoms with Crippen LogP contribution in [0.1, 0.15) is 38.3 Å². The lowest BCUT2D eigenvalue weighted by atomic mass is 10.2. The zero-order valence-corrected chi connectivity index (χ0v) is 12.8. The average Bonchev–Trinajstić information content (AvgIpc) is 2.76. The Morgan fingerprint density at radius 3 is 2.95 bits per heavy atom. The maximum absolute atomic E-state index is 10.8. The maximum atomic E-state index is 10.8. The van der Waals surface area contributed by atoms with Gasteiger partial charge in [0.15, 0.2) is 10.8 Å². The Hall–Kier alpha value is -1.56. The predicted octanol–water partition coefficient (Wildman–Crippen LogP) is 3.28. The number of imidazole rings is 1. The Balaban J connectivity index is 2.50. The first-order chi connectivity index (χ1) is 9.54. The molecule has 20 heavy (non-hydrogen) atoms. The summed E-state index contributed by atoms with van der Waals surface area (Å²) in [6.07, 6.45) is 3.86. The van der Waals surface area contributed by atoms with E-state index in [9.17, 15) is 4.79 Å². The quantitative estimate of drug-likeness (QED) is 0.828. The van der Waals surface area contributed by atoms with Crippen molar-refractivity contribution >= 4 is 28.9 Å². The molecular formula is C14H19N3O2S. The summed E-state index contributed by atoms with van der Waals surface area (Å²) in [7, 11) is 0. The largest absolute Gasteiger partial charge is 0.481 e. The first-order valence-corrected chi connectivity index (χ1v) is 7.71. The normalized spacial score (nSPS) is 12.8. The highest BCUT2D eigenvalue weighted by atomic mass is 32.2. The van der Waals surface area contributed by atoms with Crippen LogP contribution in [0.4, 0.5) is 0 Å². The number of fused-ring (bicyclic) bond motifs is 1. The molecule has 0 saturated carbocycles. The number of rotatable bonds is 6. The van der Waals surface area contributed by atoms with Gasteiger partial charge in [0.05, 0.1) is 5.75 Å². The van der Waals surface area contributed by atoms with Crippen LogP contribution in [0.5, 0.6) is 0 Å². The molecule has 0 aliphatic rings. The van der Waals surface area contributed by atoms with Crippen LogP contribution in [0.2, 0.25) is 0 Å². The lowest BCUT2D eigenvalue weighted by Gasteiger charge is -2.15. The number of thioether (sulfide) groups is 1. The minimum absolute atomic E-state index is 0.0151. The first-order valence-electron chi connectivity index (χ1n) is 6.72. The molecule has 0 fully saturated rings. The van der Waals surface area contributed by atoms with Crippen molar-refractivity contribution in [3.05, 3.63) is 17.8 Å². The molecule has 2 rings (SSSR count). The number of nitrogens with zero attached hydrogens (tertiary/aromatic N) is 3. The number of carbonyl (C=O) groups is 1. The maximum Gasteiger partial charge on any atom is 0.313 e. The molecule has 1 atom stereocenters.